The Bertz CT molecular complexity index is 776. The molecule has 1 aliphatic heterocycles. The number of esters is 1. The smallest absolute Gasteiger partial charge is 0.339 e. The molecule has 118 valence electrons. The van der Waals surface area contributed by atoms with Crippen molar-refractivity contribution in [3.05, 3.63) is 64.7 Å². The van der Waals surface area contributed by atoms with Gasteiger partial charge in [0.1, 0.15) is 5.82 Å². The maximum absolute atomic E-state index is 13.3. The monoisotopic (exact) mass is 314 g/mol. The van der Waals surface area contributed by atoms with Gasteiger partial charge in [-0.05, 0) is 35.7 Å². The van der Waals surface area contributed by atoms with Crippen LogP contribution in [0.4, 0.5) is 4.39 Å². The first-order chi connectivity index (χ1) is 11.1. The van der Waals surface area contributed by atoms with Gasteiger partial charge in [-0.25, -0.2) is 9.18 Å². The summed E-state index contributed by atoms with van der Waals surface area (Å²) in [6, 6.07) is 5.62. The summed E-state index contributed by atoms with van der Waals surface area (Å²) in [7, 11) is 1.32. The first-order valence-electron chi connectivity index (χ1n) is 7.19. The Kier molecular flexibility index (Phi) is 4.06. The van der Waals surface area contributed by atoms with Crippen molar-refractivity contribution in [2.75, 3.05) is 13.7 Å². The number of halogens is 1. The van der Waals surface area contributed by atoms with Gasteiger partial charge in [0.25, 0.3) is 5.91 Å². The lowest BCUT2D eigenvalue weighted by atomic mass is 9.96. The zero-order valence-electron chi connectivity index (χ0n) is 12.6. The largest absolute Gasteiger partial charge is 0.465 e. The molecule has 0 spiro atoms. The Hall–Kier alpha value is -2.76. The predicted octanol–water partition coefficient (Wildman–Crippen LogP) is 2.21. The second-order valence-corrected chi connectivity index (χ2v) is 5.30. The average molecular weight is 314 g/mol. The minimum absolute atomic E-state index is 0.237. The summed E-state index contributed by atoms with van der Waals surface area (Å²) in [5.74, 6) is -1.11. The molecule has 1 aromatic carbocycles. The minimum atomic E-state index is -0.442. The third kappa shape index (κ3) is 2.92. The zero-order valence-corrected chi connectivity index (χ0v) is 12.6. The Balaban J connectivity index is 1.86. The second-order valence-electron chi connectivity index (χ2n) is 5.30. The van der Waals surface area contributed by atoms with Crippen molar-refractivity contribution in [3.63, 3.8) is 0 Å². The number of aromatic nitrogens is 1. The molecule has 1 aromatic heterocycles. The van der Waals surface area contributed by atoms with Gasteiger partial charge in [-0.1, -0.05) is 6.07 Å². The Morgan fingerprint density at radius 2 is 2.13 bits per heavy atom. The van der Waals surface area contributed by atoms with E-state index < -0.39 is 11.8 Å². The number of hydrogen-bond donors (Lipinski definition) is 0. The molecule has 1 amide bonds. The number of fused-ring (bicyclic) bond motifs is 1. The van der Waals surface area contributed by atoms with Gasteiger partial charge in [0.15, 0.2) is 0 Å². The fourth-order valence-corrected chi connectivity index (χ4v) is 2.76. The standard InChI is InChI=1S/C17H15FN2O3/c1-23-17(22)15-9-19-8-12-10-20(6-5-14(12)15)16(21)11-3-2-4-13(18)7-11/h2-4,7-9H,5-6,10H2,1H3. The van der Waals surface area contributed by atoms with E-state index in [0.29, 0.717) is 30.6 Å². The number of pyridine rings is 1. The summed E-state index contributed by atoms with van der Waals surface area (Å²) in [6.07, 6.45) is 3.66. The summed E-state index contributed by atoms with van der Waals surface area (Å²) in [6.45, 7) is 0.791. The van der Waals surface area contributed by atoms with Crippen LogP contribution in [-0.2, 0) is 17.7 Å². The quantitative estimate of drug-likeness (QED) is 0.797. The number of amides is 1. The van der Waals surface area contributed by atoms with Crippen molar-refractivity contribution in [1.82, 2.24) is 9.88 Å². The fraction of sp³-hybridized carbons (Fsp3) is 0.235. The highest BCUT2D eigenvalue weighted by molar-refractivity contribution is 5.95. The molecule has 0 bridgehead atoms. The molecule has 0 saturated carbocycles. The van der Waals surface area contributed by atoms with Crippen LogP contribution >= 0.6 is 0 Å². The van der Waals surface area contributed by atoms with Crippen molar-refractivity contribution in [3.8, 4) is 0 Å². The Labute approximate surface area is 132 Å². The molecule has 0 unspecified atom stereocenters. The summed E-state index contributed by atoms with van der Waals surface area (Å²) < 4.78 is 18.0. The molecule has 2 aromatic rings. The van der Waals surface area contributed by atoms with Crippen LogP contribution < -0.4 is 0 Å². The van der Waals surface area contributed by atoms with E-state index in [1.165, 1.54) is 31.5 Å². The maximum Gasteiger partial charge on any atom is 0.339 e. The highest BCUT2D eigenvalue weighted by Gasteiger charge is 2.25. The van der Waals surface area contributed by atoms with E-state index >= 15 is 0 Å². The van der Waals surface area contributed by atoms with Crippen LogP contribution in [0.5, 0.6) is 0 Å². The maximum atomic E-state index is 13.3. The van der Waals surface area contributed by atoms with Gasteiger partial charge in [-0.3, -0.25) is 9.78 Å². The van der Waals surface area contributed by atoms with E-state index in [-0.39, 0.29) is 5.91 Å². The molecule has 0 atom stereocenters. The summed E-state index contributed by atoms with van der Waals surface area (Å²) in [5.41, 5.74) is 2.41. The lowest BCUT2D eigenvalue weighted by Crippen LogP contribution is -2.36. The SMILES string of the molecule is COC(=O)c1cncc2c1CCN(C(=O)c1cccc(F)c1)C2. The molecule has 6 heteroatoms. The third-order valence-corrected chi connectivity index (χ3v) is 3.90. The van der Waals surface area contributed by atoms with Crippen molar-refractivity contribution in [1.29, 1.82) is 0 Å². The molecule has 0 radical (unpaired) electrons. The van der Waals surface area contributed by atoms with E-state index in [4.69, 9.17) is 4.74 Å². The molecule has 0 N–H and O–H groups in total. The summed E-state index contributed by atoms with van der Waals surface area (Å²) in [4.78, 5) is 29.9. The molecular formula is C17H15FN2O3. The molecular weight excluding hydrogens is 299 g/mol. The first kappa shape index (κ1) is 15.1. The van der Waals surface area contributed by atoms with Gasteiger partial charge in [0, 0.05) is 31.0 Å². The highest BCUT2D eigenvalue weighted by atomic mass is 19.1. The van der Waals surface area contributed by atoms with E-state index in [1.54, 1.807) is 17.2 Å². The zero-order chi connectivity index (χ0) is 16.4. The van der Waals surface area contributed by atoms with Crippen LogP contribution in [0, 0.1) is 5.82 Å². The van der Waals surface area contributed by atoms with Crippen molar-refractivity contribution >= 4 is 11.9 Å². The number of carbonyl (C=O) groups excluding carboxylic acids is 2. The van der Waals surface area contributed by atoms with Gasteiger partial charge in [0.2, 0.25) is 0 Å². The van der Waals surface area contributed by atoms with E-state index in [1.807, 2.05) is 0 Å². The lowest BCUT2D eigenvalue weighted by molar-refractivity contribution is 0.0598. The lowest BCUT2D eigenvalue weighted by Gasteiger charge is -2.29. The molecule has 3 rings (SSSR count). The van der Waals surface area contributed by atoms with Crippen LogP contribution in [0.3, 0.4) is 0 Å². The molecule has 1 aliphatic rings. The van der Waals surface area contributed by atoms with Gasteiger partial charge in [-0.15, -0.1) is 0 Å². The van der Waals surface area contributed by atoms with Gasteiger partial charge in [0.05, 0.1) is 12.7 Å². The molecule has 5 nitrogen and oxygen atoms in total. The Morgan fingerprint density at radius 3 is 2.87 bits per heavy atom. The van der Waals surface area contributed by atoms with Gasteiger partial charge >= 0.3 is 5.97 Å². The van der Waals surface area contributed by atoms with Crippen molar-refractivity contribution in [2.45, 2.75) is 13.0 Å². The summed E-state index contributed by atoms with van der Waals surface area (Å²) in [5, 5.41) is 0. The number of hydrogen-bond acceptors (Lipinski definition) is 4. The molecule has 0 aliphatic carbocycles. The predicted molar refractivity (Wildman–Crippen MR) is 80.4 cm³/mol. The number of benzene rings is 1. The van der Waals surface area contributed by atoms with Crippen molar-refractivity contribution < 1.29 is 18.7 Å². The minimum Gasteiger partial charge on any atom is -0.465 e. The number of methoxy groups -OCH3 is 1. The van der Waals surface area contributed by atoms with Gasteiger partial charge < -0.3 is 9.64 Å². The third-order valence-electron chi connectivity index (χ3n) is 3.90. The molecule has 23 heavy (non-hydrogen) atoms. The molecule has 2 heterocycles. The molecule has 0 saturated heterocycles. The van der Waals surface area contributed by atoms with Gasteiger partial charge in [-0.2, -0.15) is 0 Å². The van der Waals surface area contributed by atoms with Crippen LogP contribution in [0.1, 0.15) is 31.8 Å². The topological polar surface area (TPSA) is 59.5 Å². The number of ether oxygens (including phenoxy) is 1. The average Bonchev–Trinajstić information content (AvgIpc) is 2.59. The highest BCUT2D eigenvalue weighted by Crippen LogP contribution is 2.23. The van der Waals surface area contributed by atoms with E-state index in [9.17, 15) is 14.0 Å². The Morgan fingerprint density at radius 1 is 1.30 bits per heavy atom. The number of rotatable bonds is 2. The van der Waals surface area contributed by atoms with E-state index in [0.717, 1.165) is 11.1 Å². The number of carbonyl (C=O) groups is 2. The van der Waals surface area contributed by atoms with Crippen LogP contribution in [-0.4, -0.2) is 35.4 Å². The normalized spacial score (nSPS) is 13.4. The van der Waals surface area contributed by atoms with E-state index in [2.05, 4.69) is 4.98 Å². The summed E-state index contributed by atoms with van der Waals surface area (Å²) >= 11 is 0. The van der Waals surface area contributed by atoms with Crippen molar-refractivity contribution in [2.24, 2.45) is 0 Å². The fourth-order valence-electron chi connectivity index (χ4n) is 2.76. The van der Waals surface area contributed by atoms with Crippen LogP contribution in [0.15, 0.2) is 36.7 Å². The number of nitrogens with zero attached hydrogens (tertiary/aromatic N) is 2. The van der Waals surface area contributed by atoms with Crippen LogP contribution in [0.25, 0.3) is 0 Å². The molecule has 0 fully saturated rings. The first-order valence-corrected chi connectivity index (χ1v) is 7.19. The second kappa shape index (κ2) is 6.16. The van der Waals surface area contributed by atoms with Crippen LogP contribution in [0.2, 0.25) is 0 Å².